The number of unbranched alkanes of at least 4 members (excludes halogenated alkanes) is 1. The number of aromatic nitrogens is 1. The van der Waals surface area contributed by atoms with Crippen LogP contribution in [0.5, 0.6) is 5.75 Å². The molecule has 1 fully saturated rings. The number of amides is 2. The van der Waals surface area contributed by atoms with E-state index in [2.05, 4.69) is 34.4 Å². The van der Waals surface area contributed by atoms with Crippen molar-refractivity contribution in [3.05, 3.63) is 24.0 Å². The molecule has 256 valence electrons. The number of halogens is 2. The number of ether oxygens (including phenoxy) is 3. The molecule has 0 radical (unpaired) electrons. The van der Waals surface area contributed by atoms with Gasteiger partial charge in [0.2, 0.25) is 5.91 Å². The average Bonchev–Trinajstić information content (AvgIpc) is 2.97. The van der Waals surface area contributed by atoms with Crippen LogP contribution in [0.4, 0.5) is 0 Å². The van der Waals surface area contributed by atoms with Crippen LogP contribution in [0.25, 0.3) is 0 Å². The molecule has 1 aromatic heterocycles. The molecule has 1 aliphatic heterocycles. The first-order valence-corrected chi connectivity index (χ1v) is 15.5. The normalized spacial score (nSPS) is 16.3. The van der Waals surface area contributed by atoms with Gasteiger partial charge in [-0.2, -0.15) is 0 Å². The van der Waals surface area contributed by atoms with Crippen molar-refractivity contribution in [2.75, 3.05) is 66.3 Å². The molecule has 11 nitrogen and oxygen atoms in total. The number of nitrogens with two attached hydrogens (primary N) is 1. The number of aliphatic hydroxyl groups is 1. The summed E-state index contributed by atoms with van der Waals surface area (Å²) >= 11 is 0. The summed E-state index contributed by atoms with van der Waals surface area (Å²) in [6.07, 6.45) is 3.22. The first-order chi connectivity index (χ1) is 20.1. The van der Waals surface area contributed by atoms with E-state index in [-0.39, 0.29) is 66.0 Å². The Labute approximate surface area is 276 Å². The first kappa shape index (κ1) is 42.3. The third-order valence-corrected chi connectivity index (χ3v) is 7.99. The van der Waals surface area contributed by atoms with Gasteiger partial charge in [0.25, 0.3) is 5.91 Å². The smallest absolute Gasteiger partial charge is 0.273 e. The minimum absolute atomic E-state index is 0. The summed E-state index contributed by atoms with van der Waals surface area (Å²) in [6.45, 7) is 14.2. The van der Waals surface area contributed by atoms with E-state index in [1.165, 1.54) is 0 Å². The molecule has 2 rings (SSSR count). The van der Waals surface area contributed by atoms with Crippen molar-refractivity contribution < 1.29 is 28.9 Å². The number of pyridine rings is 1. The topological polar surface area (TPSA) is 148 Å². The van der Waals surface area contributed by atoms with Gasteiger partial charge in [-0.1, -0.05) is 27.7 Å². The predicted octanol–water partition coefficient (Wildman–Crippen LogP) is 2.92. The Hall–Kier alpha value is -1.73. The van der Waals surface area contributed by atoms with Crippen molar-refractivity contribution in [2.45, 2.75) is 65.5 Å². The molecule has 1 aromatic rings. The molecule has 44 heavy (non-hydrogen) atoms. The van der Waals surface area contributed by atoms with E-state index in [0.29, 0.717) is 44.9 Å². The van der Waals surface area contributed by atoms with E-state index < -0.39 is 12.1 Å². The van der Waals surface area contributed by atoms with Gasteiger partial charge in [-0.3, -0.25) is 14.5 Å². The van der Waals surface area contributed by atoms with Gasteiger partial charge in [0, 0.05) is 64.6 Å². The molecule has 13 heteroatoms. The highest BCUT2D eigenvalue weighted by molar-refractivity contribution is 5.94. The molecule has 1 saturated heterocycles. The number of morpholine rings is 1. The molecule has 2 amide bonds. The third-order valence-electron chi connectivity index (χ3n) is 7.99. The van der Waals surface area contributed by atoms with E-state index >= 15 is 0 Å². The summed E-state index contributed by atoms with van der Waals surface area (Å²) in [4.78, 5) is 32.5. The van der Waals surface area contributed by atoms with Crippen LogP contribution in [0.2, 0.25) is 0 Å². The highest BCUT2D eigenvalue weighted by Gasteiger charge is 2.30. The summed E-state index contributed by atoms with van der Waals surface area (Å²) in [5.41, 5.74) is 6.72. The summed E-state index contributed by atoms with van der Waals surface area (Å²) in [6, 6.07) is 2.96. The lowest BCUT2D eigenvalue weighted by atomic mass is 9.83. The fourth-order valence-corrected chi connectivity index (χ4v) is 5.02. The molecular formula is C31H57Cl2N5O6. The molecule has 0 spiro atoms. The molecule has 0 saturated carbocycles. The van der Waals surface area contributed by atoms with E-state index in [1.54, 1.807) is 25.4 Å². The van der Waals surface area contributed by atoms with Gasteiger partial charge in [0.15, 0.2) is 11.4 Å². The minimum atomic E-state index is -0.840. The number of hydrogen-bond donors (Lipinski definition) is 4. The second-order valence-electron chi connectivity index (χ2n) is 11.9. The van der Waals surface area contributed by atoms with E-state index in [9.17, 15) is 14.7 Å². The SMILES string of the molecule is COCCCCOc1cccnc1C(=O)NC[C@@H](C[C@H](N)[C@@H](O)C[C@H](C(=O)NCCN1CCOCC1)C(C)C)C(C)C.Cl.Cl. The van der Waals surface area contributed by atoms with Gasteiger partial charge < -0.3 is 35.7 Å². The molecule has 0 bridgehead atoms. The van der Waals surface area contributed by atoms with Crippen molar-refractivity contribution in [1.29, 1.82) is 0 Å². The van der Waals surface area contributed by atoms with Gasteiger partial charge in [-0.05, 0) is 55.6 Å². The molecular weight excluding hydrogens is 609 g/mol. The Morgan fingerprint density at radius 1 is 1.07 bits per heavy atom. The molecule has 5 N–H and O–H groups in total. The molecule has 1 aliphatic rings. The molecule has 0 aliphatic carbocycles. The van der Waals surface area contributed by atoms with Crippen LogP contribution < -0.4 is 21.1 Å². The Morgan fingerprint density at radius 3 is 2.39 bits per heavy atom. The van der Waals surface area contributed by atoms with Crippen LogP contribution in [0.3, 0.4) is 0 Å². The molecule has 2 heterocycles. The van der Waals surface area contributed by atoms with Crippen LogP contribution in [0.15, 0.2) is 18.3 Å². The van der Waals surface area contributed by atoms with E-state index in [4.69, 9.17) is 19.9 Å². The maximum absolute atomic E-state index is 13.0. The zero-order chi connectivity index (χ0) is 30.9. The van der Waals surface area contributed by atoms with Crippen molar-refractivity contribution in [1.82, 2.24) is 20.5 Å². The Morgan fingerprint density at radius 2 is 1.75 bits per heavy atom. The fraction of sp³-hybridized carbons (Fsp3) is 0.774. The maximum Gasteiger partial charge on any atom is 0.273 e. The van der Waals surface area contributed by atoms with Crippen LogP contribution in [0, 0.1) is 23.7 Å². The summed E-state index contributed by atoms with van der Waals surface area (Å²) in [5, 5.41) is 17.1. The quantitative estimate of drug-likeness (QED) is 0.154. The number of nitrogens with zero attached hydrogens (tertiary/aromatic N) is 2. The van der Waals surface area contributed by atoms with Gasteiger partial charge in [-0.15, -0.1) is 24.8 Å². The number of carbonyl (C=O) groups is 2. The van der Waals surface area contributed by atoms with Crippen molar-refractivity contribution in [3.8, 4) is 5.75 Å². The first-order valence-electron chi connectivity index (χ1n) is 15.5. The lowest BCUT2D eigenvalue weighted by Crippen LogP contribution is -2.45. The number of nitrogens with one attached hydrogen (secondary N) is 2. The van der Waals surface area contributed by atoms with Gasteiger partial charge in [0.05, 0.1) is 25.9 Å². The summed E-state index contributed by atoms with van der Waals surface area (Å²) in [5.74, 6) is 0.0488. The largest absolute Gasteiger partial charge is 0.491 e. The molecule has 0 aromatic carbocycles. The number of aliphatic hydroxyl groups excluding tert-OH is 1. The second-order valence-corrected chi connectivity index (χ2v) is 11.9. The van der Waals surface area contributed by atoms with Crippen molar-refractivity contribution >= 4 is 36.6 Å². The lowest BCUT2D eigenvalue weighted by molar-refractivity contribution is -0.127. The highest BCUT2D eigenvalue weighted by atomic mass is 35.5. The monoisotopic (exact) mass is 665 g/mol. The number of hydrogen-bond acceptors (Lipinski definition) is 9. The summed E-state index contributed by atoms with van der Waals surface area (Å²) in [7, 11) is 1.67. The van der Waals surface area contributed by atoms with Gasteiger partial charge in [-0.25, -0.2) is 4.98 Å². The van der Waals surface area contributed by atoms with Crippen LogP contribution in [0.1, 0.15) is 63.9 Å². The van der Waals surface area contributed by atoms with Crippen LogP contribution in [-0.4, -0.2) is 105 Å². The second kappa shape index (κ2) is 23.6. The van der Waals surface area contributed by atoms with Crippen molar-refractivity contribution in [2.24, 2.45) is 29.4 Å². The Kier molecular flexibility index (Phi) is 22.7. The summed E-state index contributed by atoms with van der Waals surface area (Å²) < 4.78 is 16.3. The number of carbonyl (C=O) groups excluding carboxylic acids is 2. The number of methoxy groups -OCH3 is 1. The third kappa shape index (κ3) is 15.5. The Balaban J connectivity index is 0.00000924. The average molecular weight is 667 g/mol. The molecule has 4 atom stereocenters. The molecule has 0 unspecified atom stereocenters. The zero-order valence-electron chi connectivity index (χ0n) is 27.2. The van der Waals surface area contributed by atoms with Crippen molar-refractivity contribution in [3.63, 3.8) is 0 Å². The maximum atomic E-state index is 13.0. The zero-order valence-corrected chi connectivity index (χ0v) is 28.8. The standard InChI is InChI=1S/C31H55N5O6.2ClH/c1-22(2)24(21-35-31(39)29-28(9-8-10-33-29)42-16-7-6-15-40-5)19-26(32)27(37)20-25(23(3)4)30(38)34-11-12-36-13-17-41-18-14-36;;/h8-10,22-27,37H,6-7,11-21,32H2,1-5H3,(H,34,38)(H,35,39);2*1H/t24-,25+,26+,27+;;/m1../s1. The van der Waals surface area contributed by atoms with E-state index in [0.717, 1.165) is 45.7 Å². The van der Waals surface area contributed by atoms with Gasteiger partial charge in [0.1, 0.15) is 0 Å². The fourth-order valence-electron chi connectivity index (χ4n) is 5.02. The van der Waals surface area contributed by atoms with Gasteiger partial charge >= 0.3 is 0 Å². The van der Waals surface area contributed by atoms with Crippen LogP contribution >= 0.6 is 24.8 Å². The van der Waals surface area contributed by atoms with Crippen LogP contribution in [-0.2, 0) is 14.3 Å². The highest BCUT2D eigenvalue weighted by Crippen LogP contribution is 2.23. The number of rotatable bonds is 20. The lowest BCUT2D eigenvalue weighted by Gasteiger charge is -2.30. The Bertz CT molecular complexity index is 923. The predicted molar refractivity (Wildman–Crippen MR) is 178 cm³/mol. The van der Waals surface area contributed by atoms with E-state index in [1.807, 2.05) is 13.8 Å². The minimum Gasteiger partial charge on any atom is -0.491 e.